The van der Waals surface area contributed by atoms with E-state index in [1.165, 1.54) is 10.7 Å². The zero-order valence-corrected chi connectivity index (χ0v) is 11.7. The summed E-state index contributed by atoms with van der Waals surface area (Å²) in [5.74, 6) is 0. The van der Waals surface area contributed by atoms with Gasteiger partial charge in [0.1, 0.15) is 5.01 Å². The molecule has 0 aromatic carbocycles. The number of rotatable bonds is 2. The Balaban J connectivity index is 1.98. The van der Waals surface area contributed by atoms with Crippen molar-refractivity contribution in [1.29, 1.82) is 0 Å². The minimum Gasteiger partial charge on any atom is -0.295 e. The topological polar surface area (TPSA) is 16.1 Å². The molecule has 0 bridgehead atoms. The molecule has 0 saturated carbocycles. The van der Waals surface area contributed by atoms with Gasteiger partial charge in [-0.3, -0.25) is 4.90 Å². The van der Waals surface area contributed by atoms with Crippen LogP contribution in [0.25, 0.3) is 0 Å². The third-order valence-electron chi connectivity index (χ3n) is 2.89. The molecule has 0 amide bonds. The average molecular weight is 259 g/mol. The molecule has 2 nitrogen and oxygen atoms in total. The van der Waals surface area contributed by atoms with Crippen molar-refractivity contribution in [2.45, 2.75) is 44.5 Å². The molecule has 1 fully saturated rings. The number of thiazole rings is 1. The average Bonchev–Trinajstić information content (AvgIpc) is 2.74. The fourth-order valence-corrected chi connectivity index (χ4v) is 3.20. The fourth-order valence-electron chi connectivity index (χ4n) is 1.85. The number of likely N-dealkylation sites (tertiary alicyclic amines) is 1. The van der Waals surface area contributed by atoms with Crippen molar-refractivity contribution in [3.05, 3.63) is 16.1 Å². The van der Waals surface area contributed by atoms with E-state index >= 15 is 0 Å². The normalized spacial score (nSPS) is 22.9. The van der Waals surface area contributed by atoms with E-state index in [-0.39, 0.29) is 5.41 Å². The van der Waals surface area contributed by atoms with Crippen LogP contribution >= 0.6 is 22.9 Å². The van der Waals surface area contributed by atoms with Crippen LogP contribution in [0.5, 0.6) is 0 Å². The summed E-state index contributed by atoms with van der Waals surface area (Å²) < 4.78 is 0. The quantitative estimate of drug-likeness (QED) is 0.757. The van der Waals surface area contributed by atoms with Gasteiger partial charge < -0.3 is 0 Å². The van der Waals surface area contributed by atoms with Gasteiger partial charge in [-0.1, -0.05) is 20.8 Å². The summed E-state index contributed by atoms with van der Waals surface area (Å²) in [6.45, 7) is 9.69. The molecule has 0 radical (unpaired) electrons. The first-order valence-corrected chi connectivity index (χ1v) is 7.08. The van der Waals surface area contributed by atoms with E-state index in [9.17, 15) is 0 Å². The van der Waals surface area contributed by atoms with E-state index in [0.29, 0.717) is 5.38 Å². The lowest BCUT2D eigenvalue weighted by molar-refractivity contribution is 0.330. The highest BCUT2D eigenvalue weighted by atomic mass is 35.5. The molecule has 1 atom stereocenters. The van der Waals surface area contributed by atoms with Crippen LogP contribution in [0.4, 0.5) is 0 Å². The molecule has 0 aliphatic carbocycles. The number of nitrogens with zero attached hydrogens (tertiary/aromatic N) is 2. The summed E-state index contributed by atoms with van der Waals surface area (Å²) in [6.07, 6.45) is 1.11. The smallest absolute Gasteiger partial charge is 0.107 e. The molecular weight excluding hydrogens is 240 g/mol. The van der Waals surface area contributed by atoms with Gasteiger partial charge in [-0.25, -0.2) is 4.98 Å². The van der Waals surface area contributed by atoms with Gasteiger partial charge in [0.15, 0.2) is 0 Å². The summed E-state index contributed by atoms with van der Waals surface area (Å²) in [7, 11) is 0. The van der Waals surface area contributed by atoms with Crippen molar-refractivity contribution in [3.8, 4) is 0 Å². The molecule has 1 unspecified atom stereocenters. The fraction of sp³-hybridized carbons (Fsp3) is 0.750. The molecular formula is C12H19ClN2S. The number of hydrogen-bond acceptors (Lipinski definition) is 3. The molecule has 0 spiro atoms. The Morgan fingerprint density at radius 1 is 1.56 bits per heavy atom. The van der Waals surface area contributed by atoms with Gasteiger partial charge in [0.05, 0.1) is 12.2 Å². The molecule has 4 heteroatoms. The molecule has 1 saturated heterocycles. The van der Waals surface area contributed by atoms with Gasteiger partial charge in [-0.05, 0) is 6.42 Å². The number of aromatic nitrogens is 1. The first-order valence-electron chi connectivity index (χ1n) is 5.76. The summed E-state index contributed by atoms with van der Waals surface area (Å²) in [5, 5.41) is 3.74. The standard InChI is InChI=1S/C12H19ClN2S/c1-12(2,3)10-8-16-11(14-10)7-15-5-4-9(13)6-15/h8-9H,4-7H2,1-3H3. The van der Waals surface area contributed by atoms with Gasteiger partial charge in [-0.2, -0.15) is 0 Å². The summed E-state index contributed by atoms with van der Waals surface area (Å²) in [6, 6.07) is 0. The van der Waals surface area contributed by atoms with Crippen molar-refractivity contribution in [2.75, 3.05) is 13.1 Å². The molecule has 90 valence electrons. The maximum absolute atomic E-state index is 6.09. The van der Waals surface area contributed by atoms with Crippen LogP contribution in [0.1, 0.15) is 37.9 Å². The van der Waals surface area contributed by atoms with Crippen LogP contribution in [0.15, 0.2) is 5.38 Å². The highest BCUT2D eigenvalue weighted by Crippen LogP contribution is 2.25. The third kappa shape index (κ3) is 2.96. The van der Waals surface area contributed by atoms with Crippen molar-refractivity contribution < 1.29 is 0 Å². The molecule has 2 rings (SSSR count). The van der Waals surface area contributed by atoms with Crippen LogP contribution in [-0.2, 0) is 12.0 Å². The van der Waals surface area contributed by atoms with Crippen molar-refractivity contribution in [3.63, 3.8) is 0 Å². The molecule has 2 heterocycles. The van der Waals surface area contributed by atoms with Crippen molar-refractivity contribution in [1.82, 2.24) is 9.88 Å². The second-order valence-electron chi connectivity index (χ2n) is 5.50. The summed E-state index contributed by atoms with van der Waals surface area (Å²) in [5.41, 5.74) is 1.36. The Morgan fingerprint density at radius 2 is 2.31 bits per heavy atom. The second-order valence-corrected chi connectivity index (χ2v) is 7.06. The first-order chi connectivity index (χ1) is 7.45. The molecule has 1 aromatic rings. The predicted octanol–water partition coefficient (Wildman–Crippen LogP) is 3.25. The van der Waals surface area contributed by atoms with Crippen LogP contribution in [0.3, 0.4) is 0 Å². The van der Waals surface area contributed by atoms with Crippen LogP contribution < -0.4 is 0 Å². The van der Waals surface area contributed by atoms with E-state index in [4.69, 9.17) is 16.6 Å². The highest BCUT2D eigenvalue weighted by Gasteiger charge is 2.22. The zero-order valence-electron chi connectivity index (χ0n) is 10.2. The Bertz CT molecular complexity index is 356. The number of alkyl halides is 1. The predicted molar refractivity (Wildman–Crippen MR) is 70.3 cm³/mol. The maximum atomic E-state index is 6.09. The van der Waals surface area contributed by atoms with Crippen LogP contribution in [0, 0.1) is 0 Å². The number of halogens is 1. The minimum atomic E-state index is 0.161. The summed E-state index contributed by atoms with van der Waals surface area (Å²) >= 11 is 7.86. The van der Waals surface area contributed by atoms with E-state index in [1.54, 1.807) is 11.3 Å². The third-order valence-corrected chi connectivity index (χ3v) is 4.08. The lowest BCUT2D eigenvalue weighted by atomic mass is 9.93. The van der Waals surface area contributed by atoms with Gasteiger partial charge in [0.25, 0.3) is 0 Å². The largest absolute Gasteiger partial charge is 0.295 e. The molecule has 16 heavy (non-hydrogen) atoms. The lowest BCUT2D eigenvalue weighted by Gasteiger charge is -2.15. The monoisotopic (exact) mass is 258 g/mol. The second kappa shape index (κ2) is 4.63. The SMILES string of the molecule is CC(C)(C)c1csc(CN2CCC(Cl)C2)n1. The first kappa shape index (κ1) is 12.3. The Morgan fingerprint density at radius 3 is 2.81 bits per heavy atom. The van der Waals surface area contributed by atoms with Gasteiger partial charge in [0, 0.05) is 29.3 Å². The van der Waals surface area contributed by atoms with Gasteiger partial charge in [-0.15, -0.1) is 22.9 Å². The molecule has 1 aromatic heterocycles. The number of hydrogen-bond donors (Lipinski definition) is 0. The summed E-state index contributed by atoms with van der Waals surface area (Å²) in [4.78, 5) is 7.10. The van der Waals surface area contributed by atoms with E-state index in [0.717, 1.165) is 26.1 Å². The molecule has 1 aliphatic rings. The molecule has 1 aliphatic heterocycles. The van der Waals surface area contributed by atoms with Crippen molar-refractivity contribution in [2.24, 2.45) is 0 Å². The van der Waals surface area contributed by atoms with Gasteiger partial charge in [0.2, 0.25) is 0 Å². The van der Waals surface area contributed by atoms with Gasteiger partial charge >= 0.3 is 0 Å². The van der Waals surface area contributed by atoms with Crippen LogP contribution in [0.2, 0.25) is 0 Å². The lowest BCUT2D eigenvalue weighted by Crippen LogP contribution is -2.20. The van der Waals surface area contributed by atoms with Crippen LogP contribution in [-0.4, -0.2) is 28.4 Å². The Kier molecular flexibility index (Phi) is 3.57. The Hall–Kier alpha value is -0.120. The highest BCUT2D eigenvalue weighted by molar-refractivity contribution is 7.09. The Labute approximate surface area is 107 Å². The zero-order chi connectivity index (χ0) is 11.8. The minimum absolute atomic E-state index is 0.161. The van der Waals surface area contributed by atoms with E-state index in [2.05, 4.69) is 31.1 Å². The van der Waals surface area contributed by atoms with E-state index < -0.39 is 0 Å². The van der Waals surface area contributed by atoms with Crippen molar-refractivity contribution >= 4 is 22.9 Å². The molecule has 0 N–H and O–H groups in total. The maximum Gasteiger partial charge on any atom is 0.107 e. The van der Waals surface area contributed by atoms with E-state index in [1.807, 2.05) is 0 Å².